The molecule has 3 heterocycles. The number of piperidine rings is 1. The fourth-order valence-electron chi connectivity index (χ4n) is 4.13. The molecule has 1 aromatic rings. The average molecular weight is 404 g/mol. The van der Waals surface area contributed by atoms with Crippen LogP contribution in [0.4, 0.5) is 4.39 Å². The molecule has 1 aromatic carbocycles. The molecule has 0 bridgehead atoms. The lowest BCUT2D eigenvalue weighted by Crippen LogP contribution is -2.52. The highest BCUT2D eigenvalue weighted by molar-refractivity contribution is 6.05. The molecule has 2 atom stereocenters. The van der Waals surface area contributed by atoms with Crippen molar-refractivity contribution < 1.29 is 23.5 Å². The number of hydrogen-bond acceptors (Lipinski definition) is 6. The minimum absolute atomic E-state index is 0.0299. The van der Waals surface area contributed by atoms with E-state index in [1.807, 2.05) is 18.2 Å². The third-order valence-corrected chi connectivity index (χ3v) is 5.62. The maximum atomic E-state index is 14.9. The molecule has 3 amide bonds. The van der Waals surface area contributed by atoms with Crippen LogP contribution in [0.2, 0.25) is 0 Å². The summed E-state index contributed by atoms with van der Waals surface area (Å²) in [7, 11) is 0. The van der Waals surface area contributed by atoms with E-state index in [-0.39, 0.29) is 37.9 Å². The van der Waals surface area contributed by atoms with Crippen LogP contribution in [0.5, 0.6) is 0 Å². The number of nitrogens with zero attached hydrogens (tertiary/aromatic N) is 1. The number of ether oxygens (including phenoxy) is 1. The Balaban J connectivity index is 1.43. The van der Waals surface area contributed by atoms with E-state index < -0.39 is 17.6 Å². The first-order valence-corrected chi connectivity index (χ1v) is 9.90. The van der Waals surface area contributed by atoms with Gasteiger partial charge in [0.05, 0.1) is 13.2 Å². The molecule has 2 saturated heterocycles. The highest BCUT2D eigenvalue weighted by atomic mass is 19.1. The zero-order valence-electron chi connectivity index (χ0n) is 16.1. The standard InChI is InChI=1S/C20H25FN4O4/c21-20(10-22-6-7-29-12-20)11-23-8-13-2-1-3-14-9-25(19(28)17(13)14)15-4-5-16(26)24-18(15)27/h1-3,15,22-23H,4-12H2,(H,24,26,27). The Labute approximate surface area is 168 Å². The topological polar surface area (TPSA) is 99.8 Å². The molecule has 0 aliphatic carbocycles. The average Bonchev–Trinajstić information content (AvgIpc) is 2.87. The second kappa shape index (κ2) is 8.17. The number of rotatable bonds is 5. The minimum Gasteiger partial charge on any atom is -0.377 e. The number of carbonyl (C=O) groups is 3. The van der Waals surface area contributed by atoms with Crippen LogP contribution >= 0.6 is 0 Å². The Morgan fingerprint density at radius 3 is 3.00 bits per heavy atom. The van der Waals surface area contributed by atoms with Gasteiger partial charge in [0.15, 0.2) is 5.67 Å². The largest absolute Gasteiger partial charge is 0.377 e. The van der Waals surface area contributed by atoms with E-state index in [1.54, 1.807) is 0 Å². The van der Waals surface area contributed by atoms with Gasteiger partial charge in [-0.15, -0.1) is 0 Å². The molecule has 0 radical (unpaired) electrons. The van der Waals surface area contributed by atoms with Gasteiger partial charge in [0, 0.05) is 44.7 Å². The lowest BCUT2D eigenvalue weighted by atomic mass is 10.0. The zero-order chi connectivity index (χ0) is 20.4. The van der Waals surface area contributed by atoms with Crippen LogP contribution in [0.1, 0.15) is 34.3 Å². The highest BCUT2D eigenvalue weighted by Crippen LogP contribution is 2.29. The molecule has 0 saturated carbocycles. The number of alkyl halides is 1. The summed E-state index contributed by atoms with van der Waals surface area (Å²) in [5.41, 5.74) is 0.673. The highest BCUT2D eigenvalue weighted by Gasteiger charge is 2.40. The summed E-state index contributed by atoms with van der Waals surface area (Å²) in [6, 6.07) is 4.92. The van der Waals surface area contributed by atoms with Gasteiger partial charge in [0.2, 0.25) is 11.8 Å². The van der Waals surface area contributed by atoms with Gasteiger partial charge < -0.3 is 20.3 Å². The van der Waals surface area contributed by atoms with Crippen molar-refractivity contribution in [2.75, 3.05) is 32.8 Å². The predicted octanol–water partition coefficient (Wildman–Crippen LogP) is -0.135. The summed E-state index contributed by atoms with van der Waals surface area (Å²) >= 11 is 0. The van der Waals surface area contributed by atoms with Crippen LogP contribution in [-0.4, -0.2) is 67.2 Å². The van der Waals surface area contributed by atoms with Crippen LogP contribution in [0.3, 0.4) is 0 Å². The van der Waals surface area contributed by atoms with E-state index in [2.05, 4.69) is 16.0 Å². The summed E-state index contributed by atoms with van der Waals surface area (Å²) in [6.45, 7) is 2.14. The first-order chi connectivity index (χ1) is 14.0. The lowest BCUT2D eigenvalue weighted by molar-refractivity contribution is -0.136. The van der Waals surface area contributed by atoms with Crippen LogP contribution < -0.4 is 16.0 Å². The normalized spacial score (nSPS) is 27.6. The molecular weight excluding hydrogens is 379 g/mol. The zero-order valence-corrected chi connectivity index (χ0v) is 16.1. The van der Waals surface area contributed by atoms with Crippen LogP contribution in [0.15, 0.2) is 18.2 Å². The Morgan fingerprint density at radius 1 is 1.31 bits per heavy atom. The van der Waals surface area contributed by atoms with Gasteiger partial charge in [-0.25, -0.2) is 4.39 Å². The van der Waals surface area contributed by atoms with Gasteiger partial charge in [0.25, 0.3) is 5.91 Å². The maximum absolute atomic E-state index is 14.9. The molecule has 4 rings (SSSR count). The molecule has 3 aliphatic rings. The Kier molecular flexibility index (Phi) is 5.62. The summed E-state index contributed by atoms with van der Waals surface area (Å²) in [6.07, 6.45) is 0.551. The molecule has 2 unspecified atom stereocenters. The molecule has 156 valence electrons. The second-order valence-electron chi connectivity index (χ2n) is 7.84. The second-order valence-corrected chi connectivity index (χ2v) is 7.84. The third-order valence-electron chi connectivity index (χ3n) is 5.62. The number of hydrogen-bond donors (Lipinski definition) is 3. The number of amides is 3. The Bertz CT molecular complexity index is 823. The molecule has 3 aliphatic heterocycles. The molecule has 2 fully saturated rings. The van der Waals surface area contributed by atoms with Crippen molar-refractivity contribution in [2.24, 2.45) is 0 Å². The summed E-state index contributed by atoms with van der Waals surface area (Å²) in [4.78, 5) is 38.2. The van der Waals surface area contributed by atoms with E-state index >= 15 is 0 Å². The van der Waals surface area contributed by atoms with Gasteiger partial charge in [-0.05, 0) is 17.5 Å². The number of fused-ring (bicyclic) bond motifs is 1. The maximum Gasteiger partial charge on any atom is 0.255 e. The van der Waals surface area contributed by atoms with E-state index in [0.29, 0.717) is 38.2 Å². The number of imide groups is 1. The van der Waals surface area contributed by atoms with Crippen molar-refractivity contribution >= 4 is 17.7 Å². The summed E-state index contributed by atoms with van der Waals surface area (Å²) < 4.78 is 20.2. The Morgan fingerprint density at radius 2 is 2.17 bits per heavy atom. The van der Waals surface area contributed by atoms with Gasteiger partial charge in [-0.1, -0.05) is 18.2 Å². The smallest absolute Gasteiger partial charge is 0.255 e. The van der Waals surface area contributed by atoms with Gasteiger partial charge >= 0.3 is 0 Å². The first-order valence-electron chi connectivity index (χ1n) is 9.90. The van der Waals surface area contributed by atoms with Crippen molar-refractivity contribution in [3.05, 3.63) is 34.9 Å². The predicted molar refractivity (Wildman–Crippen MR) is 102 cm³/mol. The van der Waals surface area contributed by atoms with Crippen LogP contribution in [0, 0.1) is 0 Å². The first kappa shape index (κ1) is 19.9. The lowest BCUT2D eigenvalue weighted by Gasteiger charge is -2.29. The van der Waals surface area contributed by atoms with E-state index in [4.69, 9.17) is 4.74 Å². The summed E-state index contributed by atoms with van der Waals surface area (Å²) in [5, 5.41) is 8.44. The molecule has 9 heteroatoms. The quantitative estimate of drug-likeness (QED) is 0.591. The van der Waals surface area contributed by atoms with Gasteiger partial charge in [-0.2, -0.15) is 0 Å². The number of halogens is 1. The van der Waals surface area contributed by atoms with Crippen molar-refractivity contribution in [3.8, 4) is 0 Å². The monoisotopic (exact) mass is 404 g/mol. The number of benzene rings is 1. The number of nitrogens with one attached hydrogen (secondary N) is 3. The fraction of sp³-hybridized carbons (Fsp3) is 0.550. The van der Waals surface area contributed by atoms with Crippen LogP contribution in [0.25, 0.3) is 0 Å². The molecule has 29 heavy (non-hydrogen) atoms. The van der Waals surface area contributed by atoms with Crippen molar-refractivity contribution in [3.63, 3.8) is 0 Å². The van der Waals surface area contributed by atoms with Gasteiger partial charge in [0.1, 0.15) is 6.04 Å². The molecule has 3 N–H and O–H groups in total. The van der Waals surface area contributed by atoms with Crippen molar-refractivity contribution in [2.45, 2.75) is 37.6 Å². The molecular formula is C20H25FN4O4. The SMILES string of the molecule is O=C1CCC(N2Cc3cccc(CNCC4(F)CNCCOC4)c3C2=O)C(=O)N1. The molecule has 0 aromatic heterocycles. The molecule has 0 spiro atoms. The fourth-order valence-corrected chi connectivity index (χ4v) is 4.13. The minimum atomic E-state index is -1.50. The van der Waals surface area contributed by atoms with Crippen molar-refractivity contribution in [1.29, 1.82) is 0 Å². The van der Waals surface area contributed by atoms with Crippen LogP contribution in [-0.2, 0) is 27.4 Å². The number of carbonyl (C=O) groups excluding carboxylic acids is 3. The van der Waals surface area contributed by atoms with Crippen molar-refractivity contribution in [1.82, 2.24) is 20.9 Å². The van der Waals surface area contributed by atoms with E-state index in [9.17, 15) is 18.8 Å². The van der Waals surface area contributed by atoms with E-state index in [1.165, 1.54) is 4.90 Å². The summed E-state index contributed by atoms with van der Waals surface area (Å²) in [5.74, 6) is -0.957. The molecule has 8 nitrogen and oxygen atoms in total. The Hall–Kier alpha value is -2.36. The van der Waals surface area contributed by atoms with Gasteiger partial charge in [-0.3, -0.25) is 19.7 Å². The van der Waals surface area contributed by atoms with E-state index in [0.717, 1.165) is 11.1 Å². The third kappa shape index (κ3) is 4.17.